The van der Waals surface area contributed by atoms with Crippen molar-refractivity contribution in [2.75, 3.05) is 5.43 Å². The zero-order valence-electron chi connectivity index (χ0n) is 12.3. The van der Waals surface area contributed by atoms with Gasteiger partial charge >= 0.3 is 0 Å². The van der Waals surface area contributed by atoms with E-state index in [1.165, 1.54) is 0 Å². The van der Waals surface area contributed by atoms with Gasteiger partial charge in [0, 0.05) is 16.8 Å². The third-order valence-corrected chi connectivity index (χ3v) is 3.10. The second kappa shape index (κ2) is 5.77. The van der Waals surface area contributed by atoms with Crippen LogP contribution in [-0.2, 0) is 0 Å². The Balaban J connectivity index is 1.75. The van der Waals surface area contributed by atoms with E-state index in [2.05, 4.69) is 25.8 Å². The van der Waals surface area contributed by atoms with Gasteiger partial charge in [0.1, 0.15) is 5.69 Å². The van der Waals surface area contributed by atoms with Crippen LogP contribution < -0.4 is 10.9 Å². The number of anilines is 1. The Morgan fingerprint density at radius 3 is 2.45 bits per heavy atom. The van der Waals surface area contributed by atoms with Crippen molar-refractivity contribution in [1.29, 1.82) is 0 Å². The summed E-state index contributed by atoms with van der Waals surface area (Å²) in [5.74, 6) is 0.0140. The monoisotopic (exact) mass is 293 g/mol. The number of hydrazine groups is 1. The summed E-state index contributed by atoms with van der Waals surface area (Å²) in [6.07, 6.45) is 0. The summed E-state index contributed by atoms with van der Waals surface area (Å²) in [4.78, 5) is 24.9. The van der Waals surface area contributed by atoms with Crippen LogP contribution in [0.25, 0.3) is 10.9 Å². The molecule has 6 nitrogen and oxygen atoms in total. The molecule has 0 saturated heterocycles. The van der Waals surface area contributed by atoms with Crippen molar-refractivity contribution in [3.05, 3.63) is 59.5 Å². The van der Waals surface area contributed by atoms with Gasteiger partial charge in [0.2, 0.25) is 5.95 Å². The highest BCUT2D eigenvalue weighted by atomic mass is 16.2. The largest absolute Gasteiger partial charge is 0.288 e. The fourth-order valence-electron chi connectivity index (χ4n) is 2.15. The average molecular weight is 293 g/mol. The first kappa shape index (κ1) is 13.9. The lowest BCUT2D eigenvalue weighted by Crippen LogP contribution is -2.31. The molecule has 0 aliphatic carbocycles. The van der Waals surface area contributed by atoms with Crippen LogP contribution in [-0.4, -0.2) is 20.9 Å². The van der Waals surface area contributed by atoms with Crippen molar-refractivity contribution in [2.45, 2.75) is 13.8 Å². The molecule has 0 atom stereocenters. The number of para-hydroxylation sites is 1. The maximum Gasteiger partial charge on any atom is 0.288 e. The molecule has 0 bridgehead atoms. The molecule has 3 rings (SSSR count). The van der Waals surface area contributed by atoms with Gasteiger partial charge in [-0.05, 0) is 32.0 Å². The number of benzene rings is 1. The van der Waals surface area contributed by atoms with Gasteiger partial charge in [-0.1, -0.05) is 24.3 Å². The molecule has 2 aromatic heterocycles. The number of amides is 1. The number of nitrogens with one attached hydrogen (secondary N) is 2. The molecule has 0 fully saturated rings. The van der Waals surface area contributed by atoms with Gasteiger partial charge < -0.3 is 0 Å². The normalized spacial score (nSPS) is 10.5. The molecule has 0 spiro atoms. The molecule has 0 aliphatic heterocycles. The van der Waals surface area contributed by atoms with Gasteiger partial charge in [0.25, 0.3) is 5.91 Å². The first-order valence-electron chi connectivity index (χ1n) is 6.86. The molecule has 1 amide bonds. The summed E-state index contributed by atoms with van der Waals surface area (Å²) < 4.78 is 0. The molecular weight excluding hydrogens is 278 g/mol. The van der Waals surface area contributed by atoms with Crippen LogP contribution in [0.3, 0.4) is 0 Å². The molecule has 2 N–H and O–H groups in total. The maximum atomic E-state index is 12.1. The fraction of sp³-hybridized carbons (Fsp3) is 0.125. The Labute approximate surface area is 127 Å². The summed E-state index contributed by atoms with van der Waals surface area (Å²) in [5.41, 5.74) is 8.03. The Kier molecular flexibility index (Phi) is 3.65. The van der Waals surface area contributed by atoms with E-state index in [0.717, 1.165) is 22.3 Å². The molecule has 1 aromatic carbocycles. The number of rotatable bonds is 3. The molecule has 0 radical (unpaired) electrons. The topological polar surface area (TPSA) is 79.8 Å². The van der Waals surface area contributed by atoms with Crippen LogP contribution in [0.1, 0.15) is 21.9 Å². The highest BCUT2D eigenvalue weighted by molar-refractivity contribution is 5.95. The first-order chi connectivity index (χ1) is 10.6. The van der Waals surface area contributed by atoms with Gasteiger partial charge in [0.15, 0.2) is 0 Å². The third kappa shape index (κ3) is 3.01. The summed E-state index contributed by atoms with van der Waals surface area (Å²) in [5, 5.41) is 0.990. The molecule has 110 valence electrons. The Morgan fingerprint density at radius 2 is 1.68 bits per heavy atom. The summed E-state index contributed by atoms with van der Waals surface area (Å²) in [7, 11) is 0. The van der Waals surface area contributed by atoms with E-state index in [1.54, 1.807) is 6.07 Å². The van der Waals surface area contributed by atoms with Gasteiger partial charge in [-0.25, -0.2) is 15.0 Å². The standard InChI is InChI=1S/C16H15N5O/c1-10-9-11(2)18-16(17-10)21-20-15(22)14-8-7-12-5-3-4-6-13(12)19-14/h3-9H,1-2H3,(H,20,22)(H,17,18,21). The van der Waals surface area contributed by atoms with Gasteiger partial charge in [0.05, 0.1) is 5.52 Å². The predicted octanol–water partition coefficient (Wildman–Crippen LogP) is 2.40. The number of hydrogen-bond acceptors (Lipinski definition) is 5. The lowest BCUT2D eigenvalue weighted by molar-refractivity contribution is 0.0957. The number of nitrogens with zero attached hydrogens (tertiary/aromatic N) is 3. The highest BCUT2D eigenvalue weighted by Gasteiger charge is 2.08. The van der Waals surface area contributed by atoms with Crippen LogP contribution >= 0.6 is 0 Å². The smallest absolute Gasteiger partial charge is 0.266 e. The van der Waals surface area contributed by atoms with E-state index in [-0.39, 0.29) is 5.91 Å². The molecule has 0 saturated carbocycles. The molecule has 3 aromatic rings. The maximum absolute atomic E-state index is 12.1. The Bertz CT molecular complexity index is 827. The highest BCUT2D eigenvalue weighted by Crippen LogP contribution is 2.11. The Hall–Kier alpha value is -3.02. The molecule has 0 unspecified atom stereocenters. The molecular formula is C16H15N5O. The van der Waals surface area contributed by atoms with Gasteiger partial charge in [-0.3, -0.25) is 15.6 Å². The van der Waals surface area contributed by atoms with Crippen molar-refractivity contribution in [2.24, 2.45) is 0 Å². The number of aryl methyl sites for hydroxylation is 2. The van der Waals surface area contributed by atoms with Crippen LogP contribution in [0.2, 0.25) is 0 Å². The number of carbonyl (C=O) groups excluding carboxylic acids is 1. The molecule has 22 heavy (non-hydrogen) atoms. The number of aromatic nitrogens is 3. The second-order valence-corrected chi connectivity index (χ2v) is 4.94. The zero-order chi connectivity index (χ0) is 15.5. The van der Waals surface area contributed by atoms with Crippen molar-refractivity contribution in [1.82, 2.24) is 20.4 Å². The fourth-order valence-corrected chi connectivity index (χ4v) is 2.15. The summed E-state index contributed by atoms with van der Waals surface area (Å²) in [6, 6.07) is 13.0. The van der Waals surface area contributed by atoms with Crippen LogP contribution in [0.15, 0.2) is 42.5 Å². The quantitative estimate of drug-likeness (QED) is 0.725. The lowest BCUT2D eigenvalue weighted by atomic mass is 10.2. The number of pyridine rings is 1. The van der Waals surface area contributed by atoms with E-state index in [1.807, 2.05) is 50.2 Å². The molecule has 6 heteroatoms. The second-order valence-electron chi connectivity index (χ2n) is 4.94. The predicted molar refractivity (Wildman–Crippen MR) is 84.3 cm³/mol. The van der Waals surface area contributed by atoms with Crippen LogP contribution in [0.5, 0.6) is 0 Å². The van der Waals surface area contributed by atoms with Crippen LogP contribution in [0, 0.1) is 13.8 Å². The SMILES string of the molecule is Cc1cc(C)nc(NNC(=O)c2ccc3ccccc3n2)n1. The molecule has 2 heterocycles. The van der Waals surface area contributed by atoms with Gasteiger partial charge in [-0.2, -0.15) is 0 Å². The average Bonchev–Trinajstić information content (AvgIpc) is 2.51. The van der Waals surface area contributed by atoms with Crippen molar-refractivity contribution in [3.8, 4) is 0 Å². The van der Waals surface area contributed by atoms with Gasteiger partial charge in [-0.15, -0.1) is 0 Å². The van der Waals surface area contributed by atoms with Crippen molar-refractivity contribution in [3.63, 3.8) is 0 Å². The third-order valence-electron chi connectivity index (χ3n) is 3.10. The summed E-state index contributed by atoms with van der Waals surface area (Å²) >= 11 is 0. The summed E-state index contributed by atoms with van der Waals surface area (Å²) in [6.45, 7) is 3.74. The van der Waals surface area contributed by atoms with Crippen molar-refractivity contribution >= 4 is 22.8 Å². The van der Waals surface area contributed by atoms with Crippen LogP contribution in [0.4, 0.5) is 5.95 Å². The van der Waals surface area contributed by atoms with E-state index < -0.39 is 0 Å². The Morgan fingerprint density at radius 1 is 0.955 bits per heavy atom. The van der Waals surface area contributed by atoms with E-state index in [0.29, 0.717) is 11.6 Å². The van der Waals surface area contributed by atoms with E-state index >= 15 is 0 Å². The minimum Gasteiger partial charge on any atom is -0.266 e. The lowest BCUT2D eigenvalue weighted by Gasteiger charge is -2.08. The number of carbonyl (C=O) groups is 1. The first-order valence-corrected chi connectivity index (χ1v) is 6.86. The minimum atomic E-state index is -0.339. The zero-order valence-corrected chi connectivity index (χ0v) is 12.3. The number of fused-ring (bicyclic) bond motifs is 1. The number of hydrogen-bond donors (Lipinski definition) is 2. The van der Waals surface area contributed by atoms with E-state index in [4.69, 9.17) is 0 Å². The van der Waals surface area contributed by atoms with Crippen molar-refractivity contribution < 1.29 is 4.79 Å². The molecule has 0 aliphatic rings. The minimum absolute atomic E-state index is 0.329. The van der Waals surface area contributed by atoms with E-state index in [9.17, 15) is 4.79 Å².